The number of rotatable bonds is 7. The molecule has 2 aromatic carbocycles. The monoisotopic (exact) mass is 350 g/mol. The van der Waals surface area contributed by atoms with Crippen molar-refractivity contribution < 1.29 is 4.74 Å². The predicted octanol–water partition coefficient (Wildman–Crippen LogP) is 3.69. The molecule has 4 nitrogen and oxygen atoms in total. The van der Waals surface area contributed by atoms with Gasteiger partial charge in [0.2, 0.25) is 0 Å². The first-order chi connectivity index (χ1) is 12.5. The highest BCUT2D eigenvalue weighted by molar-refractivity contribution is 5.81. The molecule has 0 aliphatic heterocycles. The second-order valence-corrected chi connectivity index (χ2v) is 6.92. The summed E-state index contributed by atoms with van der Waals surface area (Å²) in [6.07, 6.45) is 0.987. The van der Waals surface area contributed by atoms with Gasteiger partial charge < -0.3 is 14.2 Å². The van der Waals surface area contributed by atoms with Crippen molar-refractivity contribution >= 4 is 10.8 Å². The van der Waals surface area contributed by atoms with Crippen molar-refractivity contribution in [2.45, 2.75) is 19.9 Å². The number of aromatic nitrogens is 1. The summed E-state index contributed by atoms with van der Waals surface area (Å²) in [5.74, 6) is 0.854. The summed E-state index contributed by atoms with van der Waals surface area (Å²) in [6.45, 7) is 4.22. The number of ether oxygens (including phenoxy) is 1. The maximum absolute atomic E-state index is 12.8. The van der Waals surface area contributed by atoms with E-state index in [2.05, 4.69) is 25.1 Å². The van der Waals surface area contributed by atoms with Gasteiger partial charge >= 0.3 is 0 Å². The lowest BCUT2D eigenvalue weighted by atomic mass is 10.1. The third-order valence-corrected chi connectivity index (χ3v) is 4.48. The first-order valence-electron chi connectivity index (χ1n) is 9.00. The van der Waals surface area contributed by atoms with Crippen LogP contribution >= 0.6 is 0 Å². The van der Waals surface area contributed by atoms with Gasteiger partial charge in [-0.05, 0) is 62.7 Å². The average Bonchev–Trinajstić information content (AvgIpc) is 2.62. The number of nitrogens with zero attached hydrogens (tertiary/aromatic N) is 2. The van der Waals surface area contributed by atoms with Gasteiger partial charge in [-0.1, -0.05) is 30.3 Å². The number of hydrogen-bond donors (Lipinski definition) is 0. The van der Waals surface area contributed by atoms with Crippen molar-refractivity contribution in [3.8, 4) is 5.75 Å². The molecule has 1 heterocycles. The van der Waals surface area contributed by atoms with Crippen LogP contribution in [0.15, 0.2) is 59.4 Å². The third kappa shape index (κ3) is 4.33. The summed E-state index contributed by atoms with van der Waals surface area (Å²) in [5, 5.41) is 1.75. The molecule has 136 valence electrons. The lowest BCUT2D eigenvalue weighted by Crippen LogP contribution is -2.23. The molecule has 0 aliphatic carbocycles. The van der Waals surface area contributed by atoms with E-state index in [1.165, 1.54) is 0 Å². The zero-order valence-electron chi connectivity index (χ0n) is 15.7. The number of fused-ring (bicyclic) bond motifs is 1. The maximum Gasteiger partial charge on any atom is 0.258 e. The smallest absolute Gasteiger partial charge is 0.258 e. The first kappa shape index (κ1) is 18.2. The Morgan fingerprint density at radius 1 is 1.04 bits per heavy atom. The van der Waals surface area contributed by atoms with Crippen LogP contribution in [0.2, 0.25) is 0 Å². The standard InChI is InChI=1S/C22H26N2O2/c1-17-14-19-9-4-5-11-21(19)22(25)24(17)16-18-8-6-10-20(15-18)26-13-7-12-23(2)3/h4-6,8-11,14-15H,7,12-13,16H2,1-3H3. The number of hydrogen-bond acceptors (Lipinski definition) is 3. The fraction of sp³-hybridized carbons (Fsp3) is 0.318. The van der Waals surface area contributed by atoms with Gasteiger partial charge in [0.05, 0.1) is 13.2 Å². The number of aryl methyl sites for hydroxylation is 1. The molecule has 0 spiro atoms. The summed E-state index contributed by atoms with van der Waals surface area (Å²) in [7, 11) is 4.12. The minimum atomic E-state index is 0.0536. The van der Waals surface area contributed by atoms with Crippen LogP contribution in [0.5, 0.6) is 5.75 Å². The van der Waals surface area contributed by atoms with E-state index in [0.29, 0.717) is 13.2 Å². The van der Waals surface area contributed by atoms with Gasteiger partial charge in [-0.25, -0.2) is 0 Å². The second-order valence-electron chi connectivity index (χ2n) is 6.92. The topological polar surface area (TPSA) is 34.5 Å². The Kier molecular flexibility index (Phi) is 5.74. The molecule has 0 amide bonds. The Labute approximate surface area is 154 Å². The Hall–Kier alpha value is -2.59. The van der Waals surface area contributed by atoms with E-state index in [1.54, 1.807) is 0 Å². The van der Waals surface area contributed by atoms with Crippen molar-refractivity contribution in [1.29, 1.82) is 0 Å². The highest BCUT2D eigenvalue weighted by Gasteiger charge is 2.07. The average molecular weight is 350 g/mol. The van der Waals surface area contributed by atoms with Crippen LogP contribution in [0.4, 0.5) is 0 Å². The zero-order valence-corrected chi connectivity index (χ0v) is 15.7. The van der Waals surface area contributed by atoms with Gasteiger partial charge in [-0.15, -0.1) is 0 Å². The fourth-order valence-corrected chi connectivity index (χ4v) is 3.11. The molecule has 0 fully saturated rings. The predicted molar refractivity (Wildman–Crippen MR) is 107 cm³/mol. The van der Waals surface area contributed by atoms with E-state index < -0.39 is 0 Å². The molecule has 0 unspecified atom stereocenters. The molecular formula is C22H26N2O2. The summed E-state index contributed by atoms with van der Waals surface area (Å²) in [4.78, 5) is 15.0. The second kappa shape index (κ2) is 8.19. The third-order valence-electron chi connectivity index (χ3n) is 4.48. The van der Waals surface area contributed by atoms with Crippen LogP contribution in [-0.2, 0) is 6.54 Å². The van der Waals surface area contributed by atoms with E-state index in [4.69, 9.17) is 4.74 Å². The van der Waals surface area contributed by atoms with Crippen LogP contribution in [0.1, 0.15) is 17.7 Å². The molecule has 3 rings (SSSR count). The molecule has 0 aliphatic rings. The van der Waals surface area contributed by atoms with Gasteiger partial charge in [-0.2, -0.15) is 0 Å². The minimum Gasteiger partial charge on any atom is -0.494 e. The molecular weight excluding hydrogens is 324 g/mol. The normalized spacial score (nSPS) is 11.2. The van der Waals surface area contributed by atoms with Crippen LogP contribution in [0.25, 0.3) is 10.8 Å². The molecule has 0 N–H and O–H groups in total. The quantitative estimate of drug-likeness (QED) is 0.610. The first-order valence-corrected chi connectivity index (χ1v) is 9.00. The van der Waals surface area contributed by atoms with Crippen LogP contribution in [0, 0.1) is 6.92 Å². The SMILES string of the molecule is Cc1cc2ccccc2c(=O)n1Cc1cccc(OCCCN(C)C)c1. The van der Waals surface area contributed by atoms with Crippen molar-refractivity contribution in [1.82, 2.24) is 9.47 Å². The maximum atomic E-state index is 12.8. The van der Waals surface area contributed by atoms with Gasteiger partial charge in [-0.3, -0.25) is 4.79 Å². The molecule has 3 aromatic rings. The van der Waals surface area contributed by atoms with E-state index in [0.717, 1.165) is 40.7 Å². The number of benzene rings is 2. The summed E-state index contributed by atoms with van der Waals surface area (Å²) in [5.41, 5.74) is 2.08. The van der Waals surface area contributed by atoms with Gasteiger partial charge in [0, 0.05) is 17.6 Å². The molecule has 0 bridgehead atoms. The number of pyridine rings is 1. The Morgan fingerprint density at radius 3 is 2.65 bits per heavy atom. The molecule has 26 heavy (non-hydrogen) atoms. The van der Waals surface area contributed by atoms with Gasteiger partial charge in [0.25, 0.3) is 5.56 Å². The molecule has 0 saturated heterocycles. The largest absolute Gasteiger partial charge is 0.494 e. The molecule has 1 aromatic heterocycles. The molecule has 0 radical (unpaired) electrons. The van der Waals surface area contributed by atoms with Crippen molar-refractivity contribution in [3.05, 3.63) is 76.2 Å². The highest BCUT2D eigenvalue weighted by Crippen LogP contribution is 2.16. The lowest BCUT2D eigenvalue weighted by Gasteiger charge is -2.13. The van der Waals surface area contributed by atoms with E-state index in [1.807, 2.05) is 60.0 Å². The van der Waals surface area contributed by atoms with Crippen LogP contribution in [-0.4, -0.2) is 36.7 Å². The van der Waals surface area contributed by atoms with E-state index in [9.17, 15) is 4.79 Å². The van der Waals surface area contributed by atoms with Gasteiger partial charge in [0.1, 0.15) is 5.75 Å². The van der Waals surface area contributed by atoms with Crippen LogP contribution in [0.3, 0.4) is 0 Å². The van der Waals surface area contributed by atoms with Crippen LogP contribution < -0.4 is 10.3 Å². The van der Waals surface area contributed by atoms with E-state index in [-0.39, 0.29) is 5.56 Å². The fourth-order valence-electron chi connectivity index (χ4n) is 3.11. The Balaban J connectivity index is 1.78. The van der Waals surface area contributed by atoms with E-state index >= 15 is 0 Å². The molecule has 4 heteroatoms. The van der Waals surface area contributed by atoms with Crippen molar-refractivity contribution in [3.63, 3.8) is 0 Å². The summed E-state index contributed by atoms with van der Waals surface area (Å²) >= 11 is 0. The zero-order chi connectivity index (χ0) is 18.5. The van der Waals surface area contributed by atoms with Crippen molar-refractivity contribution in [2.75, 3.05) is 27.2 Å². The lowest BCUT2D eigenvalue weighted by molar-refractivity contribution is 0.281. The molecule has 0 saturated carbocycles. The minimum absolute atomic E-state index is 0.0536. The Morgan fingerprint density at radius 2 is 1.85 bits per heavy atom. The summed E-state index contributed by atoms with van der Waals surface area (Å²) < 4.78 is 7.68. The van der Waals surface area contributed by atoms with Crippen molar-refractivity contribution in [2.24, 2.45) is 0 Å². The molecule has 0 atom stereocenters. The Bertz CT molecular complexity index is 944. The van der Waals surface area contributed by atoms with Gasteiger partial charge in [0.15, 0.2) is 0 Å². The summed E-state index contributed by atoms with van der Waals surface area (Å²) in [6, 6.07) is 17.8. The highest BCUT2D eigenvalue weighted by atomic mass is 16.5.